The van der Waals surface area contributed by atoms with Gasteiger partial charge in [0.1, 0.15) is 0 Å². The Morgan fingerprint density at radius 1 is 1.19 bits per heavy atom. The number of allylic oxidation sites excluding steroid dienone is 2. The first-order valence-corrected chi connectivity index (χ1v) is 5.61. The van der Waals surface area contributed by atoms with Gasteiger partial charge in [-0.1, -0.05) is 18.4 Å². The fourth-order valence-corrected chi connectivity index (χ4v) is 1.02. The van der Waals surface area contributed by atoms with Crippen molar-refractivity contribution in [3.8, 4) is 6.07 Å². The minimum absolute atomic E-state index is 0.988. The van der Waals surface area contributed by atoms with Gasteiger partial charge in [0.15, 0.2) is 0 Å². The average molecular weight is 228 g/mol. The standard InChI is InChI=1S/C9H13N.3CH5N/c1-8(6-7-10)2-3-9-4-5-9;3*1-2/h6,9H,2-5H2,1H3;3*2H2,1H3. The largest absolute Gasteiger partial charge is 0.333 e. The topological polar surface area (TPSA) is 102 Å². The van der Waals surface area contributed by atoms with E-state index in [2.05, 4.69) is 17.2 Å². The molecule has 1 saturated carbocycles. The van der Waals surface area contributed by atoms with Gasteiger partial charge >= 0.3 is 0 Å². The first kappa shape index (κ1) is 20.5. The molecule has 6 N–H and O–H groups in total. The Morgan fingerprint density at radius 3 is 1.94 bits per heavy atom. The highest BCUT2D eigenvalue weighted by Gasteiger charge is 2.20. The number of rotatable bonds is 3. The fraction of sp³-hybridized carbons (Fsp3) is 0.750. The molecule has 0 heterocycles. The van der Waals surface area contributed by atoms with Crippen LogP contribution in [0.4, 0.5) is 0 Å². The monoisotopic (exact) mass is 228 g/mol. The maximum atomic E-state index is 8.29. The van der Waals surface area contributed by atoms with Crippen LogP contribution in [0.1, 0.15) is 32.6 Å². The van der Waals surface area contributed by atoms with E-state index < -0.39 is 0 Å². The number of hydrogen-bond donors (Lipinski definition) is 3. The molecule has 0 bridgehead atoms. The predicted octanol–water partition coefficient (Wildman–Crippen LogP) is 1.37. The second-order valence-electron chi connectivity index (χ2n) is 3.10. The van der Waals surface area contributed by atoms with E-state index in [0.717, 1.165) is 12.3 Å². The minimum Gasteiger partial charge on any atom is -0.333 e. The van der Waals surface area contributed by atoms with Crippen LogP contribution in [0, 0.1) is 17.2 Å². The number of nitrogens with zero attached hydrogens (tertiary/aromatic N) is 1. The molecule has 0 aromatic heterocycles. The summed E-state index contributed by atoms with van der Waals surface area (Å²) < 4.78 is 0. The van der Waals surface area contributed by atoms with Gasteiger partial charge in [0.25, 0.3) is 0 Å². The smallest absolute Gasteiger partial charge is 0.0911 e. The summed E-state index contributed by atoms with van der Waals surface area (Å²) in [6.45, 7) is 2.03. The first-order valence-electron chi connectivity index (χ1n) is 5.61. The van der Waals surface area contributed by atoms with E-state index in [1.165, 1.54) is 46.0 Å². The molecule has 0 atom stereocenters. The molecule has 1 aliphatic carbocycles. The normalized spacial score (nSPS) is 12.8. The Bertz CT molecular complexity index is 178. The van der Waals surface area contributed by atoms with Crippen molar-refractivity contribution in [1.82, 2.24) is 0 Å². The van der Waals surface area contributed by atoms with E-state index in [0.29, 0.717) is 0 Å². The van der Waals surface area contributed by atoms with E-state index in [9.17, 15) is 0 Å². The molecule has 1 aliphatic rings. The summed E-state index contributed by atoms with van der Waals surface area (Å²) in [5.41, 5.74) is 14.7. The van der Waals surface area contributed by atoms with Crippen LogP contribution in [0.5, 0.6) is 0 Å². The van der Waals surface area contributed by atoms with Crippen molar-refractivity contribution < 1.29 is 0 Å². The van der Waals surface area contributed by atoms with Crippen molar-refractivity contribution in [1.29, 1.82) is 5.26 Å². The third-order valence-electron chi connectivity index (χ3n) is 1.95. The highest BCUT2D eigenvalue weighted by Crippen LogP contribution is 2.34. The fourth-order valence-electron chi connectivity index (χ4n) is 1.02. The molecule has 4 nitrogen and oxygen atoms in total. The van der Waals surface area contributed by atoms with Gasteiger partial charge in [-0.15, -0.1) is 0 Å². The van der Waals surface area contributed by atoms with Gasteiger partial charge in [-0.25, -0.2) is 0 Å². The van der Waals surface area contributed by atoms with Crippen molar-refractivity contribution in [2.24, 2.45) is 23.1 Å². The van der Waals surface area contributed by atoms with Crippen molar-refractivity contribution in [3.63, 3.8) is 0 Å². The molecule has 0 aromatic carbocycles. The van der Waals surface area contributed by atoms with Gasteiger partial charge in [-0.3, -0.25) is 0 Å². The predicted molar refractivity (Wildman–Crippen MR) is 71.7 cm³/mol. The van der Waals surface area contributed by atoms with Gasteiger partial charge in [0.2, 0.25) is 0 Å². The van der Waals surface area contributed by atoms with Crippen LogP contribution in [0.25, 0.3) is 0 Å². The maximum absolute atomic E-state index is 8.29. The van der Waals surface area contributed by atoms with Gasteiger partial charge in [0.05, 0.1) is 6.07 Å². The molecule has 16 heavy (non-hydrogen) atoms. The Labute approximate surface area is 100 Å². The first-order chi connectivity index (χ1) is 7.83. The molecule has 1 rings (SSSR count). The molecule has 4 heteroatoms. The lowest BCUT2D eigenvalue weighted by Crippen LogP contribution is -1.79. The lowest BCUT2D eigenvalue weighted by Gasteiger charge is -1.95. The average Bonchev–Trinajstić information content (AvgIpc) is 3.19. The van der Waals surface area contributed by atoms with Crippen LogP contribution in [-0.4, -0.2) is 21.1 Å². The van der Waals surface area contributed by atoms with Crippen molar-refractivity contribution in [2.75, 3.05) is 21.1 Å². The Hall–Kier alpha value is -0.890. The van der Waals surface area contributed by atoms with E-state index in [1.54, 1.807) is 6.08 Å². The van der Waals surface area contributed by atoms with Crippen molar-refractivity contribution in [3.05, 3.63) is 11.6 Å². The summed E-state index contributed by atoms with van der Waals surface area (Å²) in [6, 6.07) is 2.05. The number of hydrogen-bond acceptors (Lipinski definition) is 4. The van der Waals surface area contributed by atoms with Crippen LogP contribution in [-0.2, 0) is 0 Å². The molecule has 0 radical (unpaired) electrons. The summed E-state index contributed by atoms with van der Waals surface area (Å²) in [7, 11) is 4.50. The second kappa shape index (κ2) is 19.6. The Morgan fingerprint density at radius 2 is 1.62 bits per heavy atom. The molecular formula is C12H28N4. The summed E-state index contributed by atoms with van der Waals surface area (Å²) in [5.74, 6) is 0.988. The van der Waals surface area contributed by atoms with Crippen molar-refractivity contribution >= 4 is 0 Å². The van der Waals surface area contributed by atoms with Crippen LogP contribution in [0.15, 0.2) is 11.6 Å². The van der Waals surface area contributed by atoms with Gasteiger partial charge < -0.3 is 17.2 Å². The minimum atomic E-state index is 0.988. The summed E-state index contributed by atoms with van der Waals surface area (Å²) in [5, 5.41) is 8.29. The number of nitriles is 1. The lowest BCUT2D eigenvalue weighted by molar-refractivity contribution is 0.721. The molecule has 0 spiro atoms. The molecule has 0 aromatic rings. The van der Waals surface area contributed by atoms with Crippen LogP contribution in [0.3, 0.4) is 0 Å². The third-order valence-corrected chi connectivity index (χ3v) is 1.95. The molecular weight excluding hydrogens is 200 g/mol. The zero-order valence-corrected chi connectivity index (χ0v) is 11.2. The maximum Gasteiger partial charge on any atom is 0.0911 e. The third kappa shape index (κ3) is 18.8. The number of nitrogens with two attached hydrogens (primary N) is 3. The van der Waals surface area contributed by atoms with E-state index in [-0.39, 0.29) is 0 Å². The molecule has 96 valence electrons. The Balaban J connectivity index is -0.000000245. The van der Waals surface area contributed by atoms with Gasteiger partial charge in [-0.2, -0.15) is 5.26 Å². The zero-order chi connectivity index (χ0) is 13.4. The molecule has 0 aliphatic heterocycles. The SMILES string of the molecule is CC(=CC#N)CCC1CC1.CN.CN.CN. The molecule has 1 fully saturated rings. The van der Waals surface area contributed by atoms with E-state index in [4.69, 9.17) is 5.26 Å². The quantitative estimate of drug-likeness (QED) is 0.635. The van der Waals surface area contributed by atoms with Crippen LogP contribution < -0.4 is 17.2 Å². The molecule has 0 saturated heterocycles. The highest BCUT2D eigenvalue weighted by atomic mass is 14.4. The van der Waals surface area contributed by atoms with Crippen LogP contribution >= 0.6 is 0 Å². The van der Waals surface area contributed by atoms with Gasteiger partial charge in [0, 0.05) is 6.08 Å². The highest BCUT2D eigenvalue weighted by molar-refractivity contribution is 5.11. The zero-order valence-electron chi connectivity index (χ0n) is 11.2. The Kier molecular flexibility index (Phi) is 25.2. The van der Waals surface area contributed by atoms with Gasteiger partial charge in [-0.05, 0) is 46.8 Å². The summed E-state index contributed by atoms with van der Waals surface area (Å²) >= 11 is 0. The second-order valence-corrected chi connectivity index (χ2v) is 3.10. The van der Waals surface area contributed by atoms with Crippen LogP contribution in [0.2, 0.25) is 0 Å². The summed E-state index contributed by atoms with van der Waals surface area (Å²) in [6.07, 6.45) is 6.91. The molecule has 0 amide bonds. The summed E-state index contributed by atoms with van der Waals surface area (Å²) in [4.78, 5) is 0. The van der Waals surface area contributed by atoms with Crippen molar-refractivity contribution in [2.45, 2.75) is 32.6 Å². The molecule has 0 unspecified atom stereocenters. The van der Waals surface area contributed by atoms with E-state index >= 15 is 0 Å². The lowest BCUT2D eigenvalue weighted by atomic mass is 10.1. The van der Waals surface area contributed by atoms with E-state index in [1.807, 2.05) is 13.0 Å².